The highest BCUT2D eigenvalue weighted by atomic mass is 31.2. The fourth-order valence-corrected chi connectivity index (χ4v) is 12.4. The molecule has 0 heterocycles. The highest BCUT2D eigenvalue weighted by Gasteiger charge is 2.37. The number of esters is 2. The number of ether oxygens (including phenoxy) is 2. The Hall–Kier alpha value is -5.36. The van der Waals surface area contributed by atoms with Crippen LogP contribution in [-0.4, -0.2) is 36.4 Å². The van der Waals surface area contributed by atoms with E-state index in [0.29, 0.717) is 38.8 Å². The van der Waals surface area contributed by atoms with Gasteiger partial charge in [-0.25, -0.2) is 9.59 Å². The zero-order valence-corrected chi connectivity index (χ0v) is 39.6. The van der Waals surface area contributed by atoms with E-state index in [4.69, 9.17) is 18.5 Å². The lowest BCUT2D eigenvalue weighted by molar-refractivity contribution is -0.00378. The molecule has 0 fully saturated rings. The lowest BCUT2D eigenvalue weighted by Crippen LogP contribution is -2.35. The number of unbranched alkanes of at least 4 members (excludes halogenated alkanes) is 1. The molecule has 0 radical (unpaired) electrons. The molecule has 8 nitrogen and oxygen atoms in total. The molecule has 0 aliphatic carbocycles. The molecule has 336 valence electrons. The van der Waals surface area contributed by atoms with Crippen LogP contribution in [0.3, 0.4) is 0 Å². The van der Waals surface area contributed by atoms with Crippen molar-refractivity contribution in [1.82, 2.24) is 0 Å². The van der Waals surface area contributed by atoms with E-state index in [9.17, 15) is 18.7 Å². The smallest absolute Gasteiger partial charge is 0.338 e. The summed E-state index contributed by atoms with van der Waals surface area (Å²) < 4.78 is 52.9. The maximum Gasteiger partial charge on any atom is 0.338 e. The van der Waals surface area contributed by atoms with Crippen molar-refractivity contribution in [3.8, 4) is 0 Å². The standard InChI is InChI=1S/C28H33O4P.C26H29O4P/c1-4-5-21-27(22(2)31-28(29)24-15-9-6-10-16-24)23(3)32-33(30,25-17-11-7-12-18-25)26-19-13-8-14-20-26;1-4-25(20(2)29-26(27)22-14-8-5-9-15-22)21(3)30-31(28,23-16-10-6-11-17-23)24-18-12-7-13-19-24/h6-20,22-23,27H,4-5,21H2,1-3H3;5-21,25H,4H2,1-3H3. The van der Waals surface area contributed by atoms with Crippen LogP contribution >= 0.6 is 14.7 Å². The van der Waals surface area contributed by atoms with Crippen LogP contribution < -0.4 is 21.2 Å². The van der Waals surface area contributed by atoms with Crippen LogP contribution in [0.25, 0.3) is 0 Å². The topological polar surface area (TPSA) is 105 Å². The number of hydrogen-bond donors (Lipinski definition) is 0. The minimum absolute atomic E-state index is 0.0987. The third-order valence-corrected chi connectivity index (χ3v) is 16.6. The Morgan fingerprint density at radius 1 is 0.422 bits per heavy atom. The molecule has 0 aromatic heterocycles. The Morgan fingerprint density at radius 3 is 1.00 bits per heavy atom. The molecule has 6 atom stereocenters. The van der Waals surface area contributed by atoms with E-state index in [1.165, 1.54) is 0 Å². The van der Waals surface area contributed by atoms with Crippen LogP contribution in [0.5, 0.6) is 0 Å². The van der Waals surface area contributed by atoms with E-state index >= 15 is 0 Å². The van der Waals surface area contributed by atoms with Gasteiger partial charge in [-0.2, -0.15) is 0 Å². The van der Waals surface area contributed by atoms with E-state index in [1.807, 2.05) is 180 Å². The molecule has 6 aromatic rings. The highest BCUT2D eigenvalue weighted by Crippen LogP contribution is 2.48. The van der Waals surface area contributed by atoms with E-state index in [2.05, 4.69) is 6.92 Å². The predicted octanol–water partition coefficient (Wildman–Crippen LogP) is 12.0. The molecule has 0 spiro atoms. The molecule has 0 N–H and O–H groups in total. The maximum atomic E-state index is 14.3. The molecule has 0 amide bonds. The summed E-state index contributed by atoms with van der Waals surface area (Å²) in [5.74, 6) is -0.939. The van der Waals surface area contributed by atoms with Crippen molar-refractivity contribution in [2.45, 2.75) is 91.6 Å². The van der Waals surface area contributed by atoms with Gasteiger partial charge < -0.3 is 18.5 Å². The largest absolute Gasteiger partial charge is 0.459 e. The zero-order chi connectivity index (χ0) is 46.0. The van der Waals surface area contributed by atoms with Crippen LogP contribution in [0.2, 0.25) is 0 Å². The quantitative estimate of drug-likeness (QED) is 0.0551. The first kappa shape index (κ1) is 49.7. The molecule has 0 saturated carbocycles. The lowest BCUT2D eigenvalue weighted by atomic mass is 9.92. The molecular weight excluding hydrogens is 839 g/mol. The van der Waals surface area contributed by atoms with Crippen molar-refractivity contribution in [2.24, 2.45) is 11.8 Å². The van der Waals surface area contributed by atoms with Crippen molar-refractivity contribution in [2.75, 3.05) is 0 Å². The second-order valence-electron chi connectivity index (χ2n) is 15.9. The third kappa shape index (κ3) is 13.3. The third-order valence-electron chi connectivity index (χ3n) is 11.4. The van der Waals surface area contributed by atoms with Gasteiger partial charge in [0.05, 0.1) is 23.3 Å². The highest BCUT2D eigenvalue weighted by molar-refractivity contribution is 7.74. The molecule has 0 bridgehead atoms. The minimum Gasteiger partial charge on any atom is -0.459 e. The second-order valence-corrected chi connectivity index (χ2v) is 20.6. The van der Waals surface area contributed by atoms with Crippen LogP contribution in [0.4, 0.5) is 0 Å². The Balaban J connectivity index is 0.000000241. The van der Waals surface area contributed by atoms with Gasteiger partial charge >= 0.3 is 11.9 Å². The molecule has 0 aliphatic rings. The van der Waals surface area contributed by atoms with Crippen molar-refractivity contribution < 1.29 is 37.2 Å². The fraction of sp³-hybridized carbons (Fsp3) is 0.296. The summed E-state index contributed by atoms with van der Waals surface area (Å²) >= 11 is 0. The van der Waals surface area contributed by atoms with Gasteiger partial charge in [0, 0.05) is 33.1 Å². The van der Waals surface area contributed by atoms with Gasteiger partial charge in [0.15, 0.2) is 0 Å². The van der Waals surface area contributed by atoms with Gasteiger partial charge in [0.1, 0.15) is 12.2 Å². The van der Waals surface area contributed by atoms with Crippen LogP contribution in [-0.2, 0) is 27.7 Å². The number of rotatable bonds is 20. The number of carbonyl (C=O) groups excluding carboxylic acids is 2. The Labute approximate surface area is 380 Å². The number of benzene rings is 6. The fourth-order valence-electron chi connectivity index (χ4n) is 7.80. The first-order chi connectivity index (χ1) is 30.9. The van der Waals surface area contributed by atoms with Crippen molar-refractivity contribution in [3.05, 3.63) is 193 Å². The molecule has 10 heteroatoms. The number of carbonyl (C=O) groups is 2. The molecule has 6 rings (SSSR count). The maximum absolute atomic E-state index is 14.3. The van der Waals surface area contributed by atoms with Gasteiger partial charge in [-0.3, -0.25) is 9.13 Å². The molecule has 6 aromatic carbocycles. The average molecular weight is 901 g/mol. The Kier molecular flexibility index (Phi) is 19.1. The van der Waals surface area contributed by atoms with Crippen molar-refractivity contribution >= 4 is 47.9 Å². The molecular formula is C54H62O8P2. The van der Waals surface area contributed by atoms with E-state index in [0.717, 1.165) is 19.3 Å². The number of hydrogen-bond acceptors (Lipinski definition) is 8. The van der Waals surface area contributed by atoms with E-state index < -0.39 is 26.9 Å². The molecule has 0 saturated heterocycles. The predicted molar refractivity (Wildman–Crippen MR) is 260 cm³/mol. The van der Waals surface area contributed by atoms with E-state index in [-0.39, 0.29) is 36.0 Å². The summed E-state index contributed by atoms with van der Waals surface area (Å²) in [7, 11) is -6.66. The zero-order valence-electron chi connectivity index (χ0n) is 37.8. The van der Waals surface area contributed by atoms with Gasteiger partial charge in [-0.1, -0.05) is 136 Å². The minimum atomic E-state index is -3.34. The average Bonchev–Trinajstić information content (AvgIpc) is 3.33. The first-order valence-corrected chi connectivity index (χ1v) is 25.5. The summed E-state index contributed by atoms with van der Waals surface area (Å²) in [6.07, 6.45) is 1.94. The first-order valence-electron chi connectivity index (χ1n) is 22.2. The SMILES string of the molecule is CCC(C(C)OC(=O)c1ccccc1)C(C)OP(=O)(c1ccccc1)c1ccccc1.CCCCC(C(C)OC(=O)c1ccccc1)C(C)OP(=O)(c1ccccc1)c1ccccc1. The monoisotopic (exact) mass is 900 g/mol. The molecule has 64 heavy (non-hydrogen) atoms. The van der Waals surface area contributed by atoms with Crippen LogP contribution in [0.15, 0.2) is 182 Å². The van der Waals surface area contributed by atoms with Crippen molar-refractivity contribution in [3.63, 3.8) is 0 Å². The Bertz CT molecular complexity index is 2300. The molecule has 6 unspecified atom stereocenters. The summed E-state index contributed by atoms with van der Waals surface area (Å²) in [5, 5.41) is 2.62. The van der Waals surface area contributed by atoms with Crippen molar-refractivity contribution in [1.29, 1.82) is 0 Å². The summed E-state index contributed by atoms with van der Waals surface area (Å²) in [5.41, 5.74) is 1.03. The summed E-state index contributed by atoms with van der Waals surface area (Å²) in [4.78, 5) is 25.2. The summed E-state index contributed by atoms with van der Waals surface area (Å²) in [6.45, 7) is 11.8. The second kappa shape index (κ2) is 24.6. The van der Waals surface area contributed by atoms with Gasteiger partial charge in [-0.15, -0.1) is 0 Å². The Morgan fingerprint density at radius 2 is 0.703 bits per heavy atom. The van der Waals surface area contributed by atoms with Gasteiger partial charge in [-0.05, 0) is 113 Å². The normalized spacial score (nSPS) is 14.3. The molecule has 0 aliphatic heterocycles. The summed E-state index contributed by atoms with van der Waals surface area (Å²) in [6, 6.07) is 55.2. The van der Waals surface area contributed by atoms with Crippen LogP contribution in [0, 0.1) is 11.8 Å². The van der Waals surface area contributed by atoms with E-state index in [1.54, 1.807) is 36.4 Å². The lowest BCUT2D eigenvalue weighted by Gasteiger charge is -2.32. The van der Waals surface area contributed by atoms with Gasteiger partial charge in [0.25, 0.3) is 14.7 Å². The van der Waals surface area contributed by atoms with Gasteiger partial charge in [0.2, 0.25) is 0 Å². The van der Waals surface area contributed by atoms with Crippen LogP contribution in [0.1, 0.15) is 87.9 Å².